The lowest BCUT2D eigenvalue weighted by Crippen LogP contribution is -2.31. The highest BCUT2D eigenvalue weighted by molar-refractivity contribution is 7.99. The Morgan fingerprint density at radius 3 is 2.56 bits per heavy atom. The third kappa shape index (κ3) is 4.46. The topological polar surface area (TPSA) is 77.0 Å². The number of nitrogens with two attached hydrogens (primary N) is 1. The maximum absolute atomic E-state index is 13.9. The monoisotopic (exact) mass is 385 g/mol. The first-order chi connectivity index (χ1) is 13.1. The van der Waals surface area contributed by atoms with Gasteiger partial charge in [0.05, 0.1) is 11.3 Å². The first kappa shape index (κ1) is 18.9. The van der Waals surface area contributed by atoms with Crippen LogP contribution in [0.5, 0.6) is 0 Å². The molecule has 0 unspecified atom stereocenters. The van der Waals surface area contributed by atoms with Crippen LogP contribution in [0.3, 0.4) is 0 Å². The largest absolute Gasteiger partial charge is 0.338 e. The van der Waals surface area contributed by atoms with Crippen molar-refractivity contribution in [2.75, 3.05) is 18.1 Å². The second-order valence-electron chi connectivity index (χ2n) is 5.84. The number of nitrogen functional groups attached to an aromatic ring is 1. The van der Waals surface area contributed by atoms with Crippen molar-refractivity contribution in [3.05, 3.63) is 66.0 Å². The number of nitrogens with zero attached hydrogens (tertiary/aromatic N) is 4. The van der Waals surface area contributed by atoms with Crippen molar-refractivity contribution >= 4 is 17.7 Å². The number of thioether (sulfide) groups is 1. The number of amides is 1. The number of rotatable bonds is 7. The molecule has 2 aromatic carbocycles. The van der Waals surface area contributed by atoms with Gasteiger partial charge in [-0.25, -0.2) is 9.07 Å². The van der Waals surface area contributed by atoms with Crippen LogP contribution in [0.1, 0.15) is 12.5 Å². The van der Waals surface area contributed by atoms with E-state index in [1.807, 2.05) is 37.3 Å². The second-order valence-corrected chi connectivity index (χ2v) is 6.78. The summed E-state index contributed by atoms with van der Waals surface area (Å²) in [5, 5.41) is 8.31. The van der Waals surface area contributed by atoms with E-state index in [4.69, 9.17) is 5.84 Å². The van der Waals surface area contributed by atoms with Gasteiger partial charge in [0.15, 0.2) is 5.82 Å². The number of aromatic nitrogens is 3. The van der Waals surface area contributed by atoms with Crippen LogP contribution in [0, 0.1) is 5.82 Å². The average molecular weight is 385 g/mol. The molecule has 0 aliphatic rings. The van der Waals surface area contributed by atoms with Gasteiger partial charge in [0.1, 0.15) is 5.82 Å². The molecule has 27 heavy (non-hydrogen) atoms. The van der Waals surface area contributed by atoms with Crippen molar-refractivity contribution in [3.8, 4) is 11.4 Å². The number of carbonyl (C=O) groups excluding carboxylic acids is 1. The maximum Gasteiger partial charge on any atom is 0.233 e. The highest BCUT2D eigenvalue weighted by Crippen LogP contribution is 2.24. The number of benzene rings is 2. The smallest absolute Gasteiger partial charge is 0.233 e. The highest BCUT2D eigenvalue weighted by atomic mass is 32.2. The molecule has 0 saturated heterocycles. The van der Waals surface area contributed by atoms with Gasteiger partial charge in [-0.15, -0.1) is 10.2 Å². The summed E-state index contributed by atoms with van der Waals surface area (Å²) in [7, 11) is 0. The molecular formula is C19H20FN5OS. The molecule has 0 bridgehead atoms. The molecule has 3 rings (SSSR count). The molecule has 140 valence electrons. The summed E-state index contributed by atoms with van der Waals surface area (Å²) >= 11 is 1.18. The fourth-order valence-electron chi connectivity index (χ4n) is 2.60. The number of hydrogen-bond acceptors (Lipinski definition) is 5. The van der Waals surface area contributed by atoms with Crippen molar-refractivity contribution in [3.63, 3.8) is 0 Å². The summed E-state index contributed by atoms with van der Waals surface area (Å²) in [6.07, 6.45) is 0. The number of halogens is 1. The van der Waals surface area contributed by atoms with Crippen molar-refractivity contribution in [1.82, 2.24) is 19.8 Å². The van der Waals surface area contributed by atoms with Crippen molar-refractivity contribution in [2.45, 2.75) is 18.6 Å². The molecule has 0 atom stereocenters. The summed E-state index contributed by atoms with van der Waals surface area (Å²) in [5.74, 6) is 5.94. The average Bonchev–Trinajstić information content (AvgIpc) is 3.05. The zero-order valence-electron chi connectivity index (χ0n) is 14.9. The van der Waals surface area contributed by atoms with Gasteiger partial charge in [0.2, 0.25) is 11.1 Å². The molecule has 0 spiro atoms. The van der Waals surface area contributed by atoms with Crippen LogP contribution in [-0.2, 0) is 11.3 Å². The number of hydrogen-bond donors (Lipinski definition) is 1. The summed E-state index contributed by atoms with van der Waals surface area (Å²) in [4.78, 5) is 14.3. The molecule has 0 aliphatic heterocycles. The fourth-order valence-corrected chi connectivity index (χ4v) is 3.36. The molecule has 0 aliphatic carbocycles. The van der Waals surface area contributed by atoms with E-state index in [9.17, 15) is 9.18 Å². The van der Waals surface area contributed by atoms with Crippen LogP contribution in [0.15, 0.2) is 59.8 Å². The van der Waals surface area contributed by atoms with Crippen LogP contribution >= 0.6 is 11.8 Å². The van der Waals surface area contributed by atoms with Crippen molar-refractivity contribution in [1.29, 1.82) is 0 Å². The molecule has 1 amide bonds. The van der Waals surface area contributed by atoms with E-state index in [0.29, 0.717) is 18.2 Å². The summed E-state index contributed by atoms with van der Waals surface area (Å²) in [6.45, 7) is 3.09. The second kappa shape index (κ2) is 8.68. The summed E-state index contributed by atoms with van der Waals surface area (Å²) in [5.41, 5.74) is 1.34. The molecule has 0 saturated carbocycles. The SMILES string of the molecule is CCN(Cc1ccccc1)C(=O)CSc1nnc(-c2ccccc2F)n1N. The predicted molar refractivity (Wildman–Crippen MR) is 104 cm³/mol. The van der Waals surface area contributed by atoms with E-state index in [0.717, 1.165) is 5.56 Å². The Labute approximate surface area is 161 Å². The maximum atomic E-state index is 13.9. The molecule has 0 radical (unpaired) electrons. The first-order valence-electron chi connectivity index (χ1n) is 8.50. The Morgan fingerprint density at radius 2 is 1.85 bits per heavy atom. The molecule has 0 fully saturated rings. The molecule has 1 aromatic heterocycles. The molecular weight excluding hydrogens is 365 g/mol. The third-order valence-corrected chi connectivity index (χ3v) is 4.98. The van der Waals surface area contributed by atoms with E-state index in [1.54, 1.807) is 23.1 Å². The third-order valence-electron chi connectivity index (χ3n) is 4.05. The van der Waals surface area contributed by atoms with Gasteiger partial charge in [0, 0.05) is 13.1 Å². The zero-order valence-corrected chi connectivity index (χ0v) is 15.7. The highest BCUT2D eigenvalue weighted by Gasteiger charge is 2.18. The van der Waals surface area contributed by atoms with Gasteiger partial charge in [-0.2, -0.15) is 0 Å². The first-order valence-corrected chi connectivity index (χ1v) is 9.48. The van der Waals surface area contributed by atoms with E-state index >= 15 is 0 Å². The Hall–Kier alpha value is -2.87. The van der Waals surface area contributed by atoms with Crippen LogP contribution in [0.2, 0.25) is 0 Å². The lowest BCUT2D eigenvalue weighted by Gasteiger charge is -2.20. The Bertz CT molecular complexity index is 915. The van der Waals surface area contributed by atoms with Gasteiger partial charge in [-0.1, -0.05) is 54.2 Å². The summed E-state index contributed by atoms with van der Waals surface area (Å²) < 4.78 is 15.1. The van der Waals surface area contributed by atoms with E-state index in [-0.39, 0.29) is 23.0 Å². The van der Waals surface area contributed by atoms with Crippen LogP contribution < -0.4 is 5.84 Å². The molecule has 3 aromatic rings. The minimum absolute atomic E-state index is 0.0261. The van der Waals surface area contributed by atoms with E-state index in [2.05, 4.69) is 10.2 Å². The standard InChI is InChI=1S/C19H20FN5OS/c1-2-24(12-14-8-4-3-5-9-14)17(26)13-27-19-23-22-18(25(19)21)15-10-6-7-11-16(15)20/h3-11H,2,12-13,21H2,1H3. The quantitative estimate of drug-likeness (QED) is 0.500. The molecule has 6 nitrogen and oxygen atoms in total. The molecule has 1 heterocycles. The molecule has 8 heteroatoms. The van der Waals surface area contributed by atoms with E-state index in [1.165, 1.54) is 22.5 Å². The Morgan fingerprint density at radius 1 is 1.15 bits per heavy atom. The molecule has 2 N–H and O–H groups in total. The predicted octanol–water partition coefficient (Wildman–Crippen LogP) is 2.94. The fraction of sp³-hybridized carbons (Fsp3) is 0.211. The number of carbonyl (C=O) groups is 1. The van der Waals surface area contributed by atoms with Gasteiger partial charge in [0.25, 0.3) is 0 Å². The van der Waals surface area contributed by atoms with Crippen LogP contribution in [-0.4, -0.2) is 38.0 Å². The van der Waals surface area contributed by atoms with Crippen molar-refractivity contribution in [2.24, 2.45) is 0 Å². The van der Waals surface area contributed by atoms with Crippen molar-refractivity contribution < 1.29 is 9.18 Å². The Kier molecular flexibility index (Phi) is 6.08. The van der Waals surface area contributed by atoms with Gasteiger partial charge in [-0.3, -0.25) is 4.79 Å². The van der Waals surface area contributed by atoms with Gasteiger partial charge >= 0.3 is 0 Å². The van der Waals surface area contributed by atoms with Crippen LogP contribution in [0.4, 0.5) is 4.39 Å². The van der Waals surface area contributed by atoms with E-state index < -0.39 is 5.82 Å². The summed E-state index contributed by atoms with van der Waals surface area (Å²) in [6, 6.07) is 16.0. The van der Waals surface area contributed by atoms with Gasteiger partial charge < -0.3 is 10.7 Å². The minimum Gasteiger partial charge on any atom is -0.338 e. The Balaban J connectivity index is 1.66. The zero-order chi connectivity index (χ0) is 19.2. The van der Waals surface area contributed by atoms with Crippen LogP contribution in [0.25, 0.3) is 11.4 Å². The van der Waals surface area contributed by atoms with Gasteiger partial charge in [-0.05, 0) is 24.6 Å². The lowest BCUT2D eigenvalue weighted by molar-refractivity contribution is -0.128. The lowest BCUT2D eigenvalue weighted by atomic mass is 10.2. The normalized spacial score (nSPS) is 10.7. The minimum atomic E-state index is -0.427.